The van der Waals surface area contributed by atoms with E-state index in [1.54, 1.807) is 6.92 Å². The van der Waals surface area contributed by atoms with Gasteiger partial charge in [0.1, 0.15) is 12.3 Å². The summed E-state index contributed by atoms with van der Waals surface area (Å²) < 4.78 is 13.3. The summed E-state index contributed by atoms with van der Waals surface area (Å²) in [5, 5.41) is 4.63. The van der Waals surface area contributed by atoms with Gasteiger partial charge in [-0.2, -0.15) is 5.10 Å². The summed E-state index contributed by atoms with van der Waals surface area (Å²) in [5.41, 5.74) is 3.94. The number of esters is 1. The normalized spacial score (nSPS) is 10.6. The van der Waals surface area contributed by atoms with Crippen molar-refractivity contribution in [2.45, 2.75) is 20.1 Å². The van der Waals surface area contributed by atoms with Gasteiger partial charge in [0.15, 0.2) is 5.75 Å². The molecule has 0 atom stereocenters. The average molecular weight is 412 g/mol. The first kappa shape index (κ1) is 20.4. The standard InChI is InChI=1S/C26H24N2O3/c1-2-30-26(29)23-25(31-19-21-14-8-4-9-15-21)24(22-16-10-5-11-17-22)28(27-23)18-20-12-6-3-7-13-20/h3-17H,2,18-19H2,1H3. The van der Waals surface area contributed by atoms with Crippen LogP contribution in [0.5, 0.6) is 5.75 Å². The van der Waals surface area contributed by atoms with Crippen LogP contribution < -0.4 is 4.74 Å². The Balaban J connectivity index is 1.81. The third kappa shape index (κ3) is 4.83. The van der Waals surface area contributed by atoms with Gasteiger partial charge in [-0.25, -0.2) is 4.79 Å². The van der Waals surface area contributed by atoms with E-state index < -0.39 is 5.97 Å². The van der Waals surface area contributed by atoms with E-state index in [0.717, 1.165) is 22.4 Å². The second kappa shape index (κ2) is 9.76. The number of carbonyl (C=O) groups is 1. The molecule has 0 aliphatic heterocycles. The van der Waals surface area contributed by atoms with E-state index in [4.69, 9.17) is 9.47 Å². The molecule has 0 N–H and O–H groups in total. The fourth-order valence-electron chi connectivity index (χ4n) is 3.39. The monoisotopic (exact) mass is 412 g/mol. The van der Waals surface area contributed by atoms with Crippen LogP contribution in [0.2, 0.25) is 0 Å². The smallest absolute Gasteiger partial charge is 0.362 e. The van der Waals surface area contributed by atoms with Crippen molar-refractivity contribution < 1.29 is 14.3 Å². The molecule has 31 heavy (non-hydrogen) atoms. The molecule has 0 spiro atoms. The molecule has 5 heteroatoms. The molecule has 0 unspecified atom stereocenters. The number of nitrogens with zero attached hydrogens (tertiary/aromatic N) is 2. The van der Waals surface area contributed by atoms with Crippen LogP contribution in [0.4, 0.5) is 0 Å². The highest BCUT2D eigenvalue weighted by Gasteiger charge is 2.27. The Morgan fingerprint density at radius 2 is 1.42 bits per heavy atom. The van der Waals surface area contributed by atoms with Gasteiger partial charge in [0.25, 0.3) is 0 Å². The molecule has 0 amide bonds. The Morgan fingerprint density at radius 1 is 0.839 bits per heavy atom. The molecule has 0 bridgehead atoms. The van der Waals surface area contributed by atoms with Gasteiger partial charge in [-0.15, -0.1) is 0 Å². The number of hydrogen-bond acceptors (Lipinski definition) is 4. The summed E-state index contributed by atoms with van der Waals surface area (Å²) in [6, 6.07) is 29.7. The SMILES string of the molecule is CCOC(=O)c1nn(Cc2ccccc2)c(-c2ccccc2)c1OCc1ccccc1. The Labute approximate surface area is 181 Å². The molecule has 0 radical (unpaired) electrons. The fourth-order valence-corrected chi connectivity index (χ4v) is 3.39. The second-order valence-electron chi connectivity index (χ2n) is 7.03. The lowest BCUT2D eigenvalue weighted by molar-refractivity contribution is 0.0513. The maximum absolute atomic E-state index is 12.7. The molecule has 0 aliphatic carbocycles. The van der Waals surface area contributed by atoms with Gasteiger partial charge in [-0.1, -0.05) is 91.0 Å². The molecular weight excluding hydrogens is 388 g/mol. The Morgan fingerprint density at radius 3 is 2.03 bits per heavy atom. The van der Waals surface area contributed by atoms with E-state index in [0.29, 0.717) is 18.9 Å². The summed E-state index contributed by atoms with van der Waals surface area (Å²) >= 11 is 0. The van der Waals surface area contributed by atoms with Gasteiger partial charge in [-0.05, 0) is 18.1 Å². The van der Waals surface area contributed by atoms with Crippen molar-refractivity contribution in [2.24, 2.45) is 0 Å². The van der Waals surface area contributed by atoms with Crippen LogP contribution in [0.25, 0.3) is 11.3 Å². The Hall–Kier alpha value is -3.86. The summed E-state index contributed by atoms with van der Waals surface area (Å²) in [7, 11) is 0. The van der Waals surface area contributed by atoms with E-state index >= 15 is 0 Å². The van der Waals surface area contributed by atoms with E-state index in [9.17, 15) is 4.79 Å². The molecule has 0 saturated heterocycles. The number of rotatable bonds is 8. The Bertz CT molecular complexity index is 1120. The average Bonchev–Trinajstić information content (AvgIpc) is 3.18. The van der Waals surface area contributed by atoms with Gasteiger partial charge in [0.2, 0.25) is 5.69 Å². The van der Waals surface area contributed by atoms with E-state index in [1.165, 1.54) is 0 Å². The minimum absolute atomic E-state index is 0.188. The first-order chi connectivity index (χ1) is 15.3. The molecule has 156 valence electrons. The zero-order valence-electron chi connectivity index (χ0n) is 17.4. The van der Waals surface area contributed by atoms with E-state index in [1.807, 2.05) is 95.7 Å². The predicted molar refractivity (Wildman–Crippen MR) is 120 cm³/mol. The lowest BCUT2D eigenvalue weighted by atomic mass is 10.1. The van der Waals surface area contributed by atoms with Crippen molar-refractivity contribution in [3.63, 3.8) is 0 Å². The highest BCUT2D eigenvalue weighted by Crippen LogP contribution is 2.35. The van der Waals surface area contributed by atoms with E-state index in [2.05, 4.69) is 5.10 Å². The van der Waals surface area contributed by atoms with Crippen LogP contribution in [-0.4, -0.2) is 22.4 Å². The number of ether oxygens (including phenoxy) is 2. The van der Waals surface area contributed by atoms with Crippen molar-refractivity contribution in [3.8, 4) is 17.0 Å². The molecule has 4 rings (SSSR count). The van der Waals surface area contributed by atoms with Gasteiger partial charge < -0.3 is 9.47 Å². The van der Waals surface area contributed by atoms with Crippen molar-refractivity contribution in [1.29, 1.82) is 0 Å². The number of aromatic nitrogens is 2. The summed E-state index contributed by atoms with van der Waals surface area (Å²) in [6.07, 6.45) is 0. The molecule has 0 saturated carbocycles. The molecule has 1 aromatic heterocycles. The van der Waals surface area contributed by atoms with Crippen molar-refractivity contribution in [1.82, 2.24) is 9.78 Å². The highest BCUT2D eigenvalue weighted by molar-refractivity contribution is 5.93. The number of hydrogen-bond donors (Lipinski definition) is 0. The third-order valence-electron chi connectivity index (χ3n) is 4.83. The van der Waals surface area contributed by atoms with Gasteiger partial charge in [0.05, 0.1) is 13.2 Å². The minimum atomic E-state index is -0.491. The number of benzene rings is 3. The van der Waals surface area contributed by atoms with Crippen molar-refractivity contribution in [3.05, 3.63) is 108 Å². The molecule has 1 heterocycles. The molecule has 3 aromatic carbocycles. The van der Waals surface area contributed by atoms with Crippen molar-refractivity contribution >= 4 is 5.97 Å². The first-order valence-electron chi connectivity index (χ1n) is 10.3. The zero-order chi connectivity index (χ0) is 21.5. The summed E-state index contributed by atoms with van der Waals surface area (Å²) in [6.45, 7) is 2.88. The first-order valence-corrected chi connectivity index (χ1v) is 10.3. The van der Waals surface area contributed by atoms with Gasteiger partial charge >= 0.3 is 5.97 Å². The highest BCUT2D eigenvalue weighted by atomic mass is 16.5. The Kier molecular flexibility index (Phi) is 6.43. The lowest BCUT2D eigenvalue weighted by Crippen LogP contribution is -2.09. The van der Waals surface area contributed by atoms with Crippen LogP contribution in [0.1, 0.15) is 28.5 Å². The van der Waals surface area contributed by atoms with Gasteiger partial charge in [-0.3, -0.25) is 4.68 Å². The number of carbonyl (C=O) groups excluding carboxylic acids is 1. The maximum Gasteiger partial charge on any atom is 0.362 e. The van der Waals surface area contributed by atoms with Crippen molar-refractivity contribution in [2.75, 3.05) is 6.61 Å². The molecule has 0 aliphatic rings. The lowest BCUT2D eigenvalue weighted by Gasteiger charge is -2.12. The van der Waals surface area contributed by atoms with Crippen LogP contribution in [0, 0.1) is 0 Å². The second-order valence-corrected chi connectivity index (χ2v) is 7.03. The van der Waals surface area contributed by atoms with Crippen LogP contribution in [0.15, 0.2) is 91.0 Å². The molecular formula is C26H24N2O3. The zero-order valence-corrected chi connectivity index (χ0v) is 17.4. The van der Waals surface area contributed by atoms with Crippen LogP contribution >= 0.6 is 0 Å². The van der Waals surface area contributed by atoms with Crippen LogP contribution in [-0.2, 0) is 17.9 Å². The van der Waals surface area contributed by atoms with Crippen LogP contribution in [0.3, 0.4) is 0 Å². The summed E-state index contributed by atoms with van der Waals surface area (Å²) in [5.74, 6) is -0.0565. The minimum Gasteiger partial charge on any atom is -0.484 e. The van der Waals surface area contributed by atoms with Gasteiger partial charge in [0, 0.05) is 5.56 Å². The largest absolute Gasteiger partial charge is 0.484 e. The maximum atomic E-state index is 12.7. The fraction of sp³-hybridized carbons (Fsp3) is 0.154. The summed E-state index contributed by atoms with van der Waals surface area (Å²) in [4.78, 5) is 12.7. The molecule has 4 aromatic rings. The topological polar surface area (TPSA) is 53.3 Å². The molecule has 0 fully saturated rings. The third-order valence-corrected chi connectivity index (χ3v) is 4.83. The molecule has 5 nitrogen and oxygen atoms in total. The quantitative estimate of drug-likeness (QED) is 0.366. The predicted octanol–water partition coefficient (Wildman–Crippen LogP) is 5.35. The van der Waals surface area contributed by atoms with E-state index in [-0.39, 0.29) is 12.3 Å².